The van der Waals surface area contributed by atoms with Crippen LogP contribution in [0.5, 0.6) is 5.75 Å². The van der Waals surface area contributed by atoms with Crippen LogP contribution >= 0.6 is 24.2 Å². The number of ether oxygens (including phenoxy) is 1. The lowest BCUT2D eigenvalue weighted by Crippen LogP contribution is -2.27. The standard InChI is InChI=1S/C19H22N2O2S.ClH/c1-23-16-6-10-18(11-7-16)24-17-8-4-14(5-9-17)21-19(22)13-15-3-2-12-20-15;/h4-11,15,20H,2-3,12-13H2,1H3,(H,21,22);1H. The van der Waals surface area contributed by atoms with E-state index in [0.29, 0.717) is 12.5 Å². The van der Waals surface area contributed by atoms with Gasteiger partial charge in [0.1, 0.15) is 5.75 Å². The van der Waals surface area contributed by atoms with E-state index < -0.39 is 0 Å². The van der Waals surface area contributed by atoms with E-state index in [9.17, 15) is 4.79 Å². The molecule has 6 heteroatoms. The van der Waals surface area contributed by atoms with Gasteiger partial charge in [0, 0.05) is 27.9 Å². The van der Waals surface area contributed by atoms with E-state index in [4.69, 9.17) is 4.74 Å². The zero-order valence-corrected chi connectivity index (χ0v) is 15.8. The van der Waals surface area contributed by atoms with Gasteiger partial charge in [-0.05, 0) is 67.9 Å². The van der Waals surface area contributed by atoms with Crippen molar-refractivity contribution in [1.29, 1.82) is 0 Å². The third-order valence-corrected chi connectivity index (χ3v) is 5.04. The van der Waals surface area contributed by atoms with Gasteiger partial charge in [-0.3, -0.25) is 4.79 Å². The molecule has 0 saturated carbocycles. The van der Waals surface area contributed by atoms with Crippen LogP contribution in [0.4, 0.5) is 5.69 Å². The Hall–Kier alpha value is -1.69. The molecule has 4 nitrogen and oxygen atoms in total. The lowest BCUT2D eigenvalue weighted by Gasteiger charge is -2.11. The summed E-state index contributed by atoms with van der Waals surface area (Å²) >= 11 is 1.68. The molecule has 1 amide bonds. The van der Waals surface area contributed by atoms with Gasteiger partial charge < -0.3 is 15.4 Å². The fourth-order valence-corrected chi connectivity index (χ4v) is 3.57. The second kappa shape index (κ2) is 9.70. The molecule has 0 aliphatic carbocycles. The quantitative estimate of drug-likeness (QED) is 0.784. The minimum atomic E-state index is 0. The van der Waals surface area contributed by atoms with E-state index in [1.165, 1.54) is 0 Å². The van der Waals surface area contributed by atoms with Crippen LogP contribution in [-0.2, 0) is 4.79 Å². The summed E-state index contributed by atoms with van der Waals surface area (Å²) in [6.45, 7) is 1.02. The normalized spacial score (nSPS) is 16.1. The fourth-order valence-electron chi connectivity index (χ4n) is 2.75. The van der Waals surface area contributed by atoms with E-state index in [1.807, 2.05) is 48.5 Å². The summed E-state index contributed by atoms with van der Waals surface area (Å²) in [6, 6.07) is 16.3. The second-order valence-electron chi connectivity index (χ2n) is 5.85. The van der Waals surface area contributed by atoms with E-state index in [-0.39, 0.29) is 18.3 Å². The molecule has 2 N–H and O–H groups in total. The topological polar surface area (TPSA) is 50.4 Å². The predicted molar refractivity (Wildman–Crippen MR) is 105 cm³/mol. The highest BCUT2D eigenvalue weighted by Crippen LogP contribution is 2.29. The summed E-state index contributed by atoms with van der Waals surface area (Å²) in [5, 5.41) is 6.31. The van der Waals surface area contributed by atoms with Crippen LogP contribution < -0.4 is 15.4 Å². The number of nitrogens with one attached hydrogen (secondary N) is 2. The van der Waals surface area contributed by atoms with Crippen molar-refractivity contribution in [3.63, 3.8) is 0 Å². The number of hydrogen-bond donors (Lipinski definition) is 2. The lowest BCUT2D eigenvalue weighted by molar-refractivity contribution is -0.116. The van der Waals surface area contributed by atoms with Gasteiger partial charge in [-0.2, -0.15) is 0 Å². The molecule has 1 fully saturated rings. The van der Waals surface area contributed by atoms with Crippen molar-refractivity contribution in [1.82, 2.24) is 5.32 Å². The van der Waals surface area contributed by atoms with E-state index in [1.54, 1.807) is 18.9 Å². The van der Waals surface area contributed by atoms with Crippen molar-refractivity contribution in [2.75, 3.05) is 19.0 Å². The first-order valence-electron chi connectivity index (χ1n) is 8.18. The van der Waals surface area contributed by atoms with Crippen LogP contribution in [0, 0.1) is 0 Å². The highest BCUT2D eigenvalue weighted by Gasteiger charge is 2.17. The second-order valence-corrected chi connectivity index (χ2v) is 6.99. The van der Waals surface area contributed by atoms with Gasteiger partial charge in [-0.25, -0.2) is 0 Å². The smallest absolute Gasteiger partial charge is 0.225 e. The Morgan fingerprint density at radius 1 is 1.16 bits per heavy atom. The largest absolute Gasteiger partial charge is 0.497 e. The van der Waals surface area contributed by atoms with Crippen LogP contribution in [0.25, 0.3) is 0 Å². The Balaban J connectivity index is 0.00000225. The third-order valence-electron chi connectivity index (χ3n) is 4.03. The molecule has 25 heavy (non-hydrogen) atoms. The Labute approximate surface area is 159 Å². The molecule has 0 spiro atoms. The number of anilines is 1. The molecular weight excluding hydrogens is 356 g/mol. The molecule has 0 radical (unpaired) electrons. The summed E-state index contributed by atoms with van der Waals surface area (Å²) in [5.41, 5.74) is 0.845. The van der Waals surface area contributed by atoms with E-state index in [2.05, 4.69) is 10.6 Å². The van der Waals surface area contributed by atoms with Gasteiger partial charge in [0.05, 0.1) is 7.11 Å². The first-order valence-corrected chi connectivity index (χ1v) is 9.00. The van der Waals surface area contributed by atoms with Crippen LogP contribution in [0.15, 0.2) is 58.3 Å². The molecule has 1 atom stereocenters. The number of amides is 1. The Bertz CT molecular complexity index is 671. The van der Waals surface area contributed by atoms with Gasteiger partial charge in [0.15, 0.2) is 0 Å². The van der Waals surface area contributed by atoms with Crippen molar-refractivity contribution in [3.8, 4) is 5.75 Å². The number of carbonyl (C=O) groups is 1. The van der Waals surface area contributed by atoms with Gasteiger partial charge in [0.25, 0.3) is 0 Å². The van der Waals surface area contributed by atoms with Crippen LogP contribution in [0.2, 0.25) is 0 Å². The molecular formula is C19H23ClN2O2S. The molecule has 1 saturated heterocycles. The maximum Gasteiger partial charge on any atom is 0.225 e. The Morgan fingerprint density at radius 3 is 2.36 bits per heavy atom. The number of hydrogen-bond acceptors (Lipinski definition) is 4. The zero-order valence-electron chi connectivity index (χ0n) is 14.2. The summed E-state index contributed by atoms with van der Waals surface area (Å²) in [6.07, 6.45) is 2.79. The predicted octanol–water partition coefficient (Wildman–Crippen LogP) is 4.35. The number of halogens is 1. The summed E-state index contributed by atoms with van der Waals surface area (Å²) < 4.78 is 5.17. The Morgan fingerprint density at radius 2 is 1.80 bits per heavy atom. The van der Waals surface area contributed by atoms with Crippen molar-refractivity contribution >= 4 is 35.8 Å². The average molecular weight is 379 g/mol. The maximum absolute atomic E-state index is 12.0. The van der Waals surface area contributed by atoms with E-state index >= 15 is 0 Å². The zero-order chi connectivity index (χ0) is 16.8. The van der Waals surface area contributed by atoms with Gasteiger partial charge in [0.2, 0.25) is 5.91 Å². The lowest BCUT2D eigenvalue weighted by atomic mass is 10.1. The van der Waals surface area contributed by atoms with Crippen LogP contribution in [0.3, 0.4) is 0 Å². The monoisotopic (exact) mass is 378 g/mol. The first-order chi connectivity index (χ1) is 11.7. The highest BCUT2D eigenvalue weighted by molar-refractivity contribution is 7.99. The molecule has 134 valence electrons. The molecule has 1 aliphatic heterocycles. The molecule has 1 heterocycles. The summed E-state index contributed by atoms with van der Waals surface area (Å²) in [7, 11) is 1.66. The molecule has 0 bridgehead atoms. The maximum atomic E-state index is 12.0. The van der Waals surface area contributed by atoms with Crippen molar-refractivity contribution < 1.29 is 9.53 Å². The number of carbonyl (C=O) groups excluding carboxylic acids is 1. The minimum absolute atomic E-state index is 0. The van der Waals surface area contributed by atoms with Crippen molar-refractivity contribution in [2.24, 2.45) is 0 Å². The molecule has 0 aromatic heterocycles. The fraction of sp³-hybridized carbons (Fsp3) is 0.316. The van der Waals surface area contributed by atoms with Crippen molar-refractivity contribution in [2.45, 2.75) is 35.1 Å². The van der Waals surface area contributed by atoms with Crippen molar-refractivity contribution in [3.05, 3.63) is 48.5 Å². The van der Waals surface area contributed by atoms with Crippen LogP contribution in [-0.4, -0.2) is 25.6 Å². The molecule has 1 aliphatic rings. The van der Waals surface area contributed by atoms with Gasteiger partial charge in [-0.1, -0.05) is 11.8 Å². The molecule has 2 aromatic rings. The number of methoxy groups -OCH3 is 1. The number of rotatable bonds is 6. The third kappa shape index (κ3) is 5.96. The average Bonchev–Trinajstić information content (AvgIpc) is 3.10. The van der Waals surface area contributed by atoms with Gasteiger partial charge in [-0.15, -0.1) is 12.4 Å². The minimum Gasteiger partial charge on any atom is -0.497 e. The number of benzene rings is 2. The van der Waals surface area contributed by atoms with Gasteiger partial charge >= 0.3 is 0 Å². The summed E-state index contributed by atoms with van der Waals surface area (Å²) in [4.78, 5) is 14.3. The highest BCUT2D eigenvalue weighted by atomic mass is 35.5. The molecule has 3 rings (SSSR count). The van der Waals surface area contributed by atoms with Crippen LogP contribution in [0.1, 0.15) is 19.3 Å². The Kier molecular flexibility index (Phi) is 7.62. The molecule has 1 unspecified atom stereocenters. The first kappa shape index (κ1) is 19.6. The molecule has 2 aromatic carbocycles. The SMILES string of the molecule is COc1ccc(Sc2ccc(NC(=O)CC3CCCN3)cc2)cc1.Cl. The van der Waals surface area contributed by atoms with E-state index in [0.717, 1.165) is 40.6 Å². The summed E-state index contributed by atoms with van der Waals surface area (Å²) in [5.74, 6) is 0.930.